The Morgan fingerprint density at radius 1 is 1.14 bits per heavy atom. The van der Waals surface area contributed by atoms with Crippen LogP contribution in [0.5, 0.6) is 0 Å². The van der Waals surface area contributed by atoms with Gasteiger partial charge in [0.2, 0.25) is 0 Å². The molecule has 0 N–H and O–H groups in total. The molecule has 0 saturated heterocycles. The van der Waals surface area contributed by atoms with E-state index in [1.165, 1.54) is 12.1 Å². The molecule has 0 amide bonds. The smallest absolute Gasteiger partial charge is 0.294 e. The molecule has 2 nitrogen and oxygen atoms in total. The molecule has 0 bridgehead atoms. The Hall–Kier alpha value is -1.59. The standard InChI is InChI=1S/C14H8Cl2F3NO/c15-11-2-1-3-12(16)8(11)6-13(21)9-7-20-5-4-10(9)14(17,18)19/h1-5,7H,6H2. The van der Waals surface area contributed by atoms with Crippen LogP contribution in [0, 0.1) is 0 Å². The third-order valence-electron chi connectivity index (χ3n) is 2.83. The van der Waals surface area contributed by atoms with Crippen molar-refractivity contribution in [1.82, 2.24) is 4.98 Å². The van der Waals surface area contributed by atoms with Crippen LogP contribution < -0.4 is 0 Å². The summed E-state index contributed by atoms with van der Waals surface area (Å²) < 4.78 is 38.6. The number of benzene rings is 1. The van der Waals surface area contributed by atoms with Crippen molar-refractivity contribution in [3.8, 4) is 0 Å². The number of ketones is 1. The van der Waals surface area contributed by atoms with Crippen LogP contribution in [0.1, 0.15) is 21.5 Å². The number of carbonyl (C=O) groups is 1. The first kappa shape index (κ1) is 15.8. The Morgan fingerprint density at radius 3 is 2.33 bits per heavy atom. The van der Waals surface area contributed by atoms with Gasteiger partial charge >= 0.3 is 6.18 Å². The highest BCUT2D eigenvalue weighted by atomic mass is 35.5. The summed E-state index contributed by atoms with van der Waals surface area (Å²) in [5.74, 6) is -0.745. The van der Waals surface area contributed by atoms with Crippen LogP contribution in [0.4, 0.5) is 13.2 Å². The molecular formula is C14H8Cl2F3NO. The van der Waals surface area contributed by atoms with E-state index in [-0.39, 0.29) is 16.5 Å². The minimum absolute atomic E-state index is 0.230. The Labute approximate surface area is 128 Å². The average Bonchev–Trinajstić information content (AvgIpc) is 2.42. The second-order valence-electron chi connectivity index (χ2n) is 4.22. The molecule has 0 radical (unpaired) electrons. The lowest BCUT2D eigenvalue weighted by atomic mass is 10.00. The minimum Gasteiger partial charge on any atom is -0.294 e. The molecule has 1 aromatic carbocycles. The van der Waals surface area contributed by atoms with Crippen molar-refractivity contribution < 1.29 is 18.0 Å². The molecule has 2 rings (SSSR count). The van der Waals surface area contributed by atoms with E-state index in [2.05, 4.69) is 4.98 Å². The molecular weight excluding hydrogens is 326 g/mol. The van der Waals surface area contributed by atoms with E-state index in [4.69, 9.17) is 23.2 Å². The molecule has 0 aliphatic rings. The first-order valence-corrected chi connectivity index (χ1v) is 6.53. The zero-order valence-electron chi connectivity index (χ0n) is 10.4. The lowest BCUT2D eigenvalue weighted by Crippen LogP contribution is -2.15. The van der Waals surface area contributed by atoms with Crippen LogP contribution in [0.25, 0.3) is 0 Å². The lowest BCUT2D eigenvalue weighted by Gasteiger charge is -2.12. The van der Waals surface area contributed by atoms with Crippen molar-refractivity contribution in [3.05, 3.63) is 63.4 Å². The molecule has 0 fully saturated rings. The molecule has 0 spiro atoms. The average molecular weight is 334 g/mol. The molecule has 7 heteroatoms. The van der Waals surface area contributed by atoms with Crippen LogP contribution in [-0.4, -0.2) is 10.8 Å². The van der Waals surface area contributed by atoms with Crippen LogP contribution >= 0.6 is 23.2 Å². The Bertz CT molecular complexity index is 666. The fourth-order valence-electron chi connectivity index (χ4n) is 1.82. The number of aromatic nitrogens is 1. The number of pyridine rings is 1. The number of Topliss-reactive ketones (excluding diaryl/α,β-unsaturated/α-hetero) is 1. The highest BCUT2D eigenvalue weighted by Crippen LogP contribution is 2.33. The van der Waals surface area contributed by atoms with Gasteiger partial charge in [-0.25, -0.2) is 0 Å². The van der Waals surface area contributed by atoms with Crippen molar-refractivity contribution in [2.75, 3.05) is 0 Å². The Morgan fingerprint density at radius 2 is 1.76 bits per heavy atom. The van der Waals surface area contributed by atoms with Gasteiger partial charge in [0, 0.05) is 34.4 Å². The largest absolute Gasteiger partial charge is 0.417 e. The molecule has 1 aromatic heterocycles. The van der Waals surface area contributed by atoms with E-state index in [1.807, 2.05) is 0 Å². The topological polar surface area (TPSA) is 30.0 Å². The first-order chi connectivity index (χ1) is 9.80. The fraction of sp³-hybridized carbons (Fsp3) is 0.143. The predicted molar refractivity (Wildman–Crippen MR) is 73.7 cm³/mol. The molecule has 1 heterocycles. The molecule has 21 heavy (non-hydrogen) atoms. The maximum absolute atomic E-state index is 12.9. The second-order valence-corrected chi connectivity index (χ2v) is 5.03. The highest BCUT2D eigenvalue weighted by molar-refractivity contribution is 6.36. The summed E-state index contributed by atoms with van der Waals surface area (Å²) in [5.41, 5.74) is -1.23. The normalized spacial score (nSPS) is 11.5. The first-order valence-electron chi connectivity index (χ1n) is 5.78. The summed E-state index contributed by atoms with van der Waals surface area (Å²) in [5, 5.41) is 0.460. The number of carbonyl (C=O) groups excluding carboxylic acids is 1. The van der Waals surface area contributed by atoms with Gasteiger partial charge in [-0.15, -0.1) is 0 Å². The third kappa shape index (κ3) is 3.54. The third-order valence-corrected chi connectivity index (χ3v) is 3.53. The van der Waals surface area contributed by atoms with Gasteiger partial charge in [0.25, 0.3) is 0 Å². The molecule has 0 aliphatic heterocycles. The van der Waals surface area contributed by atoms with E-state index < -0.39 is 23.1 Å². The van der Waals surface area contributed by atoms with Crippen LogP contribution in [0.15, 0.2) is 36.7 Å². The molecule has 2 aromatic rings. The number of alkyl halides is 3. The summed E-state index contributed by atoms with van der Waals surface area (Å²) in [6, 6.07) is 5.39. The molecule has 0 saturated carbocycles. The summed E-state index contributed by atoms with van der Waals surface area (Å²) in [4.78, 5) is 15.7. The van der Waals surface area contributed by atoms with Gasteiger partial charge in [-0.05, 0) is 23.8 Å². The second kappa shape index (κ2) is 6.03. The minimum atomic E-state index is -4.63. The van der Waals surface area contributed by atoms with E-state index >= 15 is 0 Å². The number of halogens is 5. The summed E-state index contributed by atoms with van der Waals surface area (Å²) in [6.07, 6.45) is -3.07. The summed E-state index contributed by atoms with van der Waals surface area (Å²) in [7, 11) is 0. The molecule has 110 valence electrons. The fourth-order valence-corrected chi connectivity index (χ4v) is 2.35. The van der Waals surface area contributed by atoms with Crippen LogP contribution in [0.3, 0.4) is 0 Å². The van der Waals surface area contributed by atoms with E-state index in [0.29, 0.717) is 5.56 Å². The zero-order valence-corrected chi connectivity index (χ0v) is 11.9. The number of rotatable bonds is 3. The van der Waals surface area contributed by atoms with E-state index in [9.17, 15) is 18.0 Å². The molecule has 0 unspecified atom stereocenters. The lowest BCUT2D eigenvalue weighted by molar-refractivity contribution is -0.138. The van der Waals surface area contributed by atoms with Gasteiger partial charge in [-0.2, -0.15) is 13.2 Å². The van der Waals surface area contributed by atoms with Crippen molar-refractivity contribution in [2.24, 2.45) is 0 Å². The quantitative estimate of drug-likeness (QED) is 0.753. The van der Waals surface area contributed by atoms with Crippen molar-refractivity contribution in [3.63, 3.8) is 0 Å². The SMILES string of the molecule is O=C(Cc1c(Cl)cccc1Cl)c1cnccc1C(F)(F)F. The van der Waals surface area contributed by atoms with E-state index in [0.717, 1.165) is 18.5 Å². The van der Waals surface area contributed by atoms with Gasteiger partial charge in [-0.3, -0.25) is 9.78 Å². The van der Waals surface area contributed by atoms with Crippen LogP contribution in [0.2, 0.25) is 10.0 Å². The van der Waals surface area contributed by atoms with E-state index in [1.54, 1.807) is 6.07 Å². The van der Waals surface area contributed by atoms with Crippen molar-refractivity contribution in [2.45, 2.75) is 12.6 Å². The summed E-state index contributed by atoms with van der Waals surface area (Å²) >= 11 is 11.8. The highest BCUT2D eigenvalue weighted by Gasteiger charge is 2.35. The monoisotopic (exact) mass is 333 g/mol. The number of nitrogens with zero attached hydrogens (tertiary/aromatic N) is 1. The number of hydrogen-bond acceptors (Lipinski definition) is 2. The van der Waals surface area contributed by atoms with Crippen molar-refractivity contribution >= 4 is 29.0 Å². The van der Waals surface area contributed by atoms with Crippen LogP contribution in [-0.2, 0) is 12.6 Å². The van der Waals surface area contributed by atoms with Gasteiger partial charge in [0.15, 0.2) is 5.78 Å². The predicted octanol–water partition coefficient (Wildman–Crippen LogP) is 4.83. The molecule has 0 aliphatic carbocycles. The maximum atomic E-state index is 12.9. The Balaban J connectivity index is 2.38. The number of hydrogen-bond donors (Lipinski definition) is 0. The summed E-state index contributed by atoms with van der Waals surface area (Å²) in [6.45, 7) is 0. The Kier molecular flexibility index (Phi) is 4.54. The van der Waals surface area contributed by atoms with Gasteiger partial charge in [0.1, 0.15) is 0 Å². The zero-order chi connectivity index (χ0) is 15.6. The van der Waals surface area contributed by atoms with Gasteiger partial charge in [-0.1, -0.05) is 29.3 Å². The maximum Gasteiger partial charge on any atom is 0.417 e. The van der Waals surface area contributed by atoms with Crippen molar-refractivity contribution in [1.29, 1.82) is 0 Å². The van der Waals surface area contributed by atoms with Gasteiger partial charge in [0.05, 0.1) is 5.56 Å². The molecule has 0 atom stereocenters. The van der Waals surface area contributed by atoms with Gasteiger partial charge < -0.3 is 0 Å².